The molecule has 0 aromatic heterocycles. The summed E-state index contributed by atoms with van der Waals surface area (Å²) in [5, 5.41) is 24.4. The highest BCUT2D eigenvalue weighted by Gasteiger charge is 2.39. The van der Waals surface area contributed by atoms with Gasteiger partial charge in [-0.25, -0.2) is 0 Å². The number of non-ortho nitro benzene ring substituents is 1. The van der Waals surface area contributed by atoms with Crippen molar-refractivity contribution in [2.45, 2.75) is 38.1 Å². The lowest BCUT2D eigenvalue weighted by Gasteiger charge is -2.37. The van der Waals surface area contributed by atoms with Crippen molar-refractivity contribution in [1.29, 1.82) is 5.26 Å². The van der Waals surface area contributed by atoms with E-state index in [-0.39, 0.29) is 23.6 Å². The van der Waals surface area contributed by atoms with Crippen molar-refractivity contribution in [3.05, 3.63) is 80.9 Å². The topological polar surface area (TPSA) is 79.0 Å². The van der Waals surface area contributed by atoms with Crippen molar-refractivity contribution < 1.29 is 4.92 Å². The fraction of sp³-hybridized carbons (Fsp3) is 0.318. The second-order valence-electron chi connectivity index (χ2n) is 7.62. The lowest BCUT2D eigenvalue weighted by atomic mass is 9.76. The molecule has 2 aliphatic rings. The van der Waals surface area contributed by atoms with Gasteiger partial charge in [0.05, 0.1) is 22.2 Å². The number of nitro groups is 1. The molecule has 5 heteroatoms. The van der Waals surface area contributed by atoms with Gasteiger partial charge in [0.1, 0.15) is 6.07 Å². The van der Waals surface area contributed by atoms with Crippen LogP contribution in [0.4, 0.5) is 11.4 Å². The first-order chi connectivity index (χ1) is 13.0. The SMILES string of the molecule is CC(C)c1ccc([C@@H]2Nc3c(C#N)cc([N+](=O)[O-])cc3[C@@H]3C=CC[C@@H]32)cc1. The lowest BCUT2D eigenvalue weighted by molar-refractivity contribution is -0.384. The van der Waals surface area contributed by atoms with Crippen molar-refractivity contribution >= 4 is 11.4 Å². The largest absolute Gasteiger partial charge is 0.377 e. The highest BCUT2D eigenvalue weighted by Crippen LogP contribution is 2.51. The fourth-order valence-electron chi connectivity index (χ4n) is 4.30. The first-order valence-electron chi connectivity index (χ1n) is 9.25. The zero-order valence-corrected chi connectivity index (χ0v) is 15.3. The summed E-state index contributed by atoms with van der Waals surface area (Å²) in [6.07, 6.45) is 5.19. The number of nitrogens with zero attached hydrogens (tertiary/aromatic N) is 2. The number of benzene rings is 2. The molecule has 0 fully saturated rings. The summed E-state index contributed by atoms with van der Waals surface area (Å²) in [6, 6.07) is 13.8. The van der Waals surface area contributed by atoms with Crippen LogP contribution in [0.3, 0.4) is 0 Å². The van der Waals surface area contributed by atoms with Crippen LogP contribution in [0.1, 0.15) is 60.4 Å². The molecule has 5 nitrogen and oxygen atoms in total. The number of nitrogens with one attached hydrogen (secondary N) is 1. The molecule has 3 atom stereocenters. The van der Waals surface area contributed by atoms with E-state index in [2.05, 4.69) is 61.7 Å². The molecule has 0 saturated heterocycles. The van der Waals surface area contributed by atoms with E-state index in [9.17, 15) is 15.4 Å². The number of nitriles is 1. The number of allylic oxidation sites excluding steroid dienone is 2. The molecule has 1 heterocycles. The zero-order valence-electron chi connectivity index (χ0n) is 15.3. The van der Waals surface area contributed by atoms with E-state index in [1.165, 1.54) is 17.2 Å². The molecule has 0 bridgehead atoms. The van der Waals surface area contributed by atoms with Gasteiger partial charge in [-0.15, -0.1) is 0 Å². The summed E-state index contributed by atoms with van der Waals surface area (Å²) >= 11 is 0. The van der Waals surface area contributed by atoms with E-state index >= 15 is 0 Å². The minimum absolute atomic E-state index is 0.0223. The van der Waals surface area contributed by atoms with Gasteiger partial charge in [0.25, 0.3) is 5.69 Å². The summed E-state index contributed by atoms with van der Waals surface area (Å²) < 4.78 is 0. The Morgan fingerprint density at radius 3 is 2.63 bits per heavy atom. The van der Waals surface area contributed by atoms with Gasteiger partial charge in [-0.1, -0.05) is 50.3 Å². The van der Waals surface area contributed by atoms with Crippen LogP contribution in [0.5, 0.6) is 0 Å². The second kappa shape index (κ2) is 6.55. The normalized spacial score (nSPS) is 22.7. The van der Waals surface area contributed by atoms with Gasteiger partial charge in [-0.3, -0.25) is 10.1 Å². The van der Waals surface area contributed by atoms with Gasteiger partial charge in [0, 0.05) is 18.1 Å². The Morgan fingerprint density at radius 2 is 2.00 bits per heavy atom. The monoisotopic (exact) mass is 359 g/mol. The molecule has 136 valence electrons. The minimum atomic E-state index is -0.425. The predicted octanol–water partition coefficient (Wildman–Crippen LogP) is 5.42. The number of rotatable bonds is 3. The summed E-state index contributed by atoms with van der Waals surface area (Å²) in [5.41, 5.74) is 4.38. The van der Waals surface area contributed by atoms with E-state index in [1.807, 2.05) is 0 Å². The Kier molecular flexibility index (Phi) is 4.19. The van der Waals surface area contributed by atoms with Gasteiger partial charge >= 0.3 is 0 Å². The quantitative estimate of drug-likeness (QED) is 0.451. The second-order valence-corrected chi connectivity index (χ2v) is 7.62. The number of anilines is 1. The van der Waals surface area contributed by atoms with E-state index in [0.717, 1.165) is 17.7 Å². The summed E-state index contributed by atoms with van der Waals surface area (Å²) in [6.45, 7) is 4.35. The molecule has 0 amide bonds. The number of hydrogen-bond donors (Lipinski definition) is 1. The number of hydrogen-bond acceptors (Lipinski definition) is 4. The molecule has 0 radical (unpaired) electrons. The number of nitro benzene ring substituents is 1. The molecule has 1 aliphatic carbocycles. The molecule has 27 heavy (non-hydrogen) atoms. The maximum atomic E-state index is 11.3. The third-order valence-corrected chi connectivity index (χ3v) is 5.75. The molecular formula is C22H21N3O2. The number of fused-ring (bicyclic) bond motifs is 3. The Morgan fingerprint density at radius 1 is 1.26 bits per heavy atom. The Balaban J connectivity index is 1.80. The predicted molar refractivity (Wildman–Crippen MR) is 105 cm³/mol. The maximum Gasteiger partial charge on any atom is 0.271 e. The minimum Gasteiger partial charge on any atom is -0.377 e. The average molecular weight is 359 g/mol. The molecule has 4 rings (SSSR count). The third kappa shape index (κ3) is 2.87. The van der Waals surface area contributed by atoms with Crippen LogP contribution in [-0.2, 0) is 0 Å². The van der Waals surface area contributed by atoms with Crippen LogP contribution in [0.15, 0.2) is 48.6 Å². The molecule has 0 spiro atoms. The smallest absolute Gasteiger partial charge is 0.271 e. The molecule has 1 aliphatic heterocycles. The van der Waals surface area contributed by atoms with Crippen molar-refractivity contribution in [3.63, 3.8) is 0 Å². The van der Waals surface area contributed by atoms with E-state index in [4.69, 9.17) is 0 Å². The lowest BCUT2D eigenvalue weighted by Crippen LogP contribution is -2.29. The molecule has 0 unspecified atom stereocenters. The summed E-state index contributed by atoms with van der Waals surface area (Å²) in [4.78, 5) is 10.9. The van der Waals surface area contributed by atoms with Crippen LogP contribution in [-0.4, -0.2) is 4.92 Å². The molecule has 0 saturated carbocycles. The summed E-state index contributed by atoms with van der Waals surface area (Å²) in [7, 11) is 0. The van der Waals surface area contributed by atoms with Gasteiger partial charge in [0.2, 0.25) is 0 Å². The summed E-state index contributed by atoms with van der Waals surface area (Å²) in [5.74, 6) is 0.852. The highest BCUT2D eigenvalue weighted by molar-refractivity contribution is 5.71. The van der Waals surface area contributed by atoms with E-state index < -0.39 is 4.92 Å². The Hall–Kier alpha value is -3.13. The van der Waals surface area contributed by atoms with Gasteiger partial charge in [-0.05, 0) is 34.9 Å². The van der Waals surface area contributed by atoms with Crippen molar-refractivity contribution in [1.82, 2.24) is 0 Å². The van der Waals surface area contributed by atoms with Crippen LogP contribution >= 0.6 is 0 Å². The van der Waals surface area contributed by atoms with Gasteiger partial charge < -0.3 is 5.32 Å². The standard InChI is InChI=1S/C22H21N3O2/c1-13(2)14-6-8-15(9-7-14)21-19-5-3-4-18(19)20-11-17(25(26)27)10-16(12-23)22(20)24-21/h3-4,6-11,13,18-19,21,24H,5H2,1-2H3/t18-,19+,21+/m1/s1. The van der Waals surface area contributed by atoms with Gasteiger partial charge in [-0.2, -0.15) is 5.26 Å². The Bertz CT molecular complexity index is 970. The fourth-order valence-corrected chi connectivity index (χ4v) is 4.30. The van der Waals surface area contributed by atoms with Gasteiger partial charge in [0.15, 0.2) is 0 Å². The zero-order chi connectivity index (χ0) is 19.1. The van der Waals surface area contributed by atoms with Crippen LogP contribution < -0.4 is 5.32 Å². The van der Waals surface area contributed by atoms with E-state index in [0.29, 0.717) is 11.5 Å². The maximum absolute atomic E-state index is 11.3. The van der Waals surface area contributed by atoms with Crippen molar-refractivity contribution in [2.75, 3.05) is 5.32 Å². The molecular weight excluding hydrogens is 338 g/mol. The van der Waals surface area contributed by atoms with Crippen molar-refractivity contribution in [2.24, 2.45) is 5.92 Å². The first-order valence-corrected chi connectivity index (χ1v) is 9.25. The van der Waals surface area contributed by atoms with E-state index in [1.54, 1.807) is 6.07 Å². The third-order valence-electron chi connectivity index (χ3n) is 5.75. The van der Waals surface area contributed by atoms with Crippen LogP contribution in [0.2, 0.25) is 0 Å². The average Bonchev–Trinajstić information content (AvgIpc) is 3.16. The first kappa shape index (κ1) is 17.3. The van der Waals surface area contributed by atoms with Crippen molar-refractivity contribution in [3.8, 4) is 6.07 Å². The molecule has 1 N–H and O–H groups in total. The highest BCUT2D eigenvalue weighted by atomic mass is 16.6. The molecule has 2 aromatic rings. The molecule has 2 aromatic carbocycles. The Labute approximate surface area is 158 Å². The van der Waals surface area contributed by atoms with Crippen LogP contribution in [0.25, 0.3) is 0 Å². The van der Waals surface area contributed by atoms with Crippen LogP contribution in [0, 0.1) is 27.4 Å².